The van der Waals surface area contributed by atoms with Crippen molar-refractivity contribution < 1.29 is 32.5 Å². The molecule has 0 N–H and O–H groups in total. The van der Waals surface area contributed by atoms with Crippen LogP contribution in [0.4, 0.5) is 14.6 Å². The molecule has 0 bridgehead atoms. The highest BCUT2D eigenvalue weighted by molar-refractivity contribution is 5.84. The second kappa shape index (κ2) is 13.6. The van der Waals surface area contributed by atoms with Crippen molar-refractivity contribution in [3.05, 3.63) is 90.2 Å². The molecule has 2 aromatic heterocycles. The fourth-order valence-corrected chi connectivity index (χ4v) is 6.89. The van der Waals surface area contributed by atoms with Gasteiger partial charge >= 0.3 is 5.97 Å². The number of aryl methyl sites for hydroxylation is 1. The molecule has 0 radical (unpaired) electrons. The third-order valence-corrected chi connectivity index (χ3v) is 9.28. The highest BCUT2D eigenvalue weighted by atomic mass is 19.1. The zero-order chi connectivity index (χ0) is 36.0. The van der Waals surface area contributed by atoms with Crippen molar-refractivity contribution in [1.29, 1.82) is 0 Å². The van der Waals surface area contributed by atoms with E-state index in [0.29, 0.717) is 89.6 Å². The van der Waals surface area contributed by atoms with Gasteiger partial charge in [-0.25, -0.2) is 18.6 Å². The van der Waals surface area contributed by atoms with Crippen LogP contribution in [0.2, 0.25) is 0 Å². The van der Waals surface area contributed by atoms with Crippen molar-refractivity contribution in [2.24, 2.45) is 0 Å². The third-order valence-electron chi connectivity index (χ3n) is 9.28. The molecule has 4 heterocycles. The molecule has 2 atom stereocenters. The molecule has 9 nitrogen and oxygen atoms in total. The number of halogens is 2. The molecule has 4 aromatic rings. The quantitative estimate of drug-likeness (QED) is 0.122. The van der Waals surface area contributed by atoms with Crippen molar-refractivity contribution in [1.82, 2.24) is 14.6 Å². The van der Waals surface area contributed by atoms with Crippen LogP contribution in [0.15, 0.2) is 61.7 Å². The largest absolute Gasteiger partial charge is 0.485 e. The van der Waals surface area contributed by atoms with E-state index in [1.165, 1.54) is 31.4 Å². The molecule has 11 heteroatoms. The average Bonchev–Trinajstić information content (AvgIpc) is 3.49. The number of fused-ring (bicyclic) bond motifs is 4. The number of esters is 1. The number of methoxy groups -OCH3 is 1. The smallest absolute Gasteiger partial charge is 0.339 e. The lowest BCUT2D eigenvalue weighted by Gasteiger charge is -2.41. The van der Waals surface area contributed by atoms with E-state index in [1.807, 2.05) is 33.8 Å². The first-order valence-electron chi connectivity index (χ1n) is 16.8. The zero-order valence-corrected chi connectivity index (χ0v) is 29.5. The summed E-state index contributed by atoms with van der Waals surface area (Å²) in [5.41, 5.74) is 3.15. The number of carbonyl (C=O) groups is 1. The van der Waals surface area contributed by atoms with Gasteiger partial charge in [0, 0.05) is 59.6 Å². The van der Waals surface area contributed by atoms with Gasteiger partial charge in [-0.1, -0.05) is 12.2 Å². The molecule has 1 fully saturated rings. The minimum atomic E-state index is -1.09. The number of nitrogens with zero attached hydrogens (tertiary/aromatic N) is 4. The summed E-state index contributed by atoms with van der Waals surface area (Å²) in [7, 11) is 1.34. The first-order valence-corrected chi connectivity index (χ1v) is 16.8. The normalized spacial score (nSPS) is 17.4. The Kier molecular flexibility index (Phi) is 9.58. The summed E-state index contributed by atoms with van der Waals surface area (Å²) in [6.07, 6.45) is 3.49. The lowest BCUT2D eigenvalue weighted by atomic mass is 9.86. The first kappa shape index (κ1) is 35.2. The Labute approximate surface area is 291 Å². The molecule has 0 aliphatic carbocycles. The number of hydrogen-bond donors (Lipinski definition) is 0. The van der Waals surface area contributed by atoms with Crippen LogP contribution >= 0.6 is 0 Å². The fraction of sp³-hybridized carbons (Fsp3) is 0.410. The van der Waals surface area contributed by atoms with Crippen molar-refractivity contribution in [2.75, 3.05) is 31.7 Å². The van der Waals surface area contributed by atoms with Crippen LogP contribution in [0.3, 0.4) is 0 Å². The van der Waals surface area contributed by atoms with Gasteiger partial charge in [0.25, 0.3) is 0 Å². The summed E-state index contributed by atoms with van der Waals surface area (Å²) in [5, 5.41) is 5.11. The van der Waals surface area contributed by atoms with Crippen LogP contribution in [-0.4, -0.2) is 58.6 Å². The van der Waals surface area contributed by atoms with E-state index in [1.54, 1.807) is 22.7 Å². The molecular formula is C39H44F2N4O5. The highest BCUT2D eigenvalue weighted by Gasteiger charge is 2.39. The topological polar surface area (TPSA) is 87.4 Å². The maximum absolute atomic E-state index is 15.8. The van der Waals surface area contributed by atoms with Gasteiger partial charge in [0.1, 0.15) is 29.3 Å². The van der Waals surface area contributed by atoms with Gasteiger partial charge in [-0.3, -0.25) is 0 Å². The number of aromatic nitrogens is 3. The lowest BCUT2D eigenvalue weighted by Crippen LogP contribution is -2.45. The molecule has 1 saturated heterocycles. The van der Waals surface area contributed by atoms with E-state index in [9.17, 15) is 9.18 Å². The average molecular weight is 687 g/mol. The van der Waals surface area contributed by atoms with Gasteiger partial charge in [0.2, 0.25) is 0 Å². The van der Waals surface area contributed by atoms with Gasteiger partial charge in [-0.2, -0.15) is 9.61 Å². The zero-order valence-electron chi connectivity index (χ0n) is 29.5. The number of hydrogen-bond acceptors (Lipinski definition) is 8. The minimum Gasteiger partial charge on any atom is -0.485 e. The SMILES string of the molecule is C=CCOC1(C)CCN(c2c([C@H](OC(C)(C)C)C(=O)OC)c(C)nc3cc(-c4ccc(F)c5c4[C@@H](CC=C)Oc4cc(F)ccc4-5)nn23)CC1. The Morgan fingerprint density at radius 3 is 2.50 bits per heavy atom. The van der Waals surface area contributed by atoms with Crippen LogP contribution in [0.25, 0.3) is 28.0 Å². The van der Waals surface area contributed by atoms with E-state index in [-0.39, 0.29) is 11.4 Å². The Balaban J connectivity index is 1.57. The van der Waals surface area contributed by atoms with Crippen LogP contribution in [-0.2, 0) is 19.0 Å². The molecule has 2 aromatic carbocycles. The molecular weight excluding hydrogens is 642 g/mol. The Morgan fingerprint density at radius 2 is 1.84 bits per heavy atom. The molecule has 2 aliphatic heterocycles. The standard InChI is InChI=1S/C39H44F2N4O5/c1-9-11-29-34-25(14-15-27(41)33(34)26-13-12-24(40)21-30(26)49-29)28-22-31-42-23(3)32(35(37(46)47-8)50-38(4,5)6)36(45(31)43-28)44-18-16-39(7,17-19-44)48-20-10-2/h9-10,12-15,21-22,29,35H,1-2,11,16-20H2,3-8H3/t29-,35+/m1/s1. The Morgan fingerprint density at radius 1 is 1.12 bits per heavy atom. The predicted octanol–water partition coefficient (Wildman–Crippen LogP) is 8.25. The maximum atomic E-state index is 15.8. The summed E-state index contributed by atoms with van der Waals surface area (Å²) in [6.45, 7) is 18.9. The summed E-state index contributed by atoms with van der Waals surface area (Å²) in [4.78, 5) is 20.6. The second-order valence-corrected chi connectivity index (χ2v) is 14.1. The minimum absolute atomic E-state index is 0.265. The summed E-state index contributed by atoms with van der Waals surface area (Å²) >= 11 is 0. The van der Waals surface area contributed by atoms with E-state index < -0.39 is 35.4 Å². The second-order valence-electron chi connectivity index (χ2n) is 14.1. The first-order chi connectivity index (χ1) is 23.8. The van der Waals surface area contributed by atoms with Crippen molar-refractivity contribution in [3.8, 4) is 28.1 Å². The van der Waals surface area contributed by atoms with Gasteiger partial charge in [-0.05, 0) is 71.7 Å². The number of piperidine rings is 1. The van der Waals surface area contributed by atoms with Crippen molar-refractivity contribution >= 4 is 17.4 Å². The molecule has 0 spiro atoms. The molecule has 6 rings (SSSR count). The molecule has 0 unspecified atom stereocenters. The number of carbonyl (C=O) groups excluding carboxylic acids is 1. The Hall–Kier alpha value is -4.61. The number of rotatable bonds is 10. The lowest BCUT2D eigenvalue weighted by molar-refractivity contribution is -0.164. The van der Waals surface area contributed by atoms with Crippen molar-refractivity contribution in [3.63, 3.8) is 0 Å². The van der Waals surface area contributed by atoms with Crippen LogP contribution in [0.5, 0.6) is 5.75 Å². The van der Waals surface area contributed by atoms with Crippen molar-refractivity contribution in [2.45, 2.75) is 77.3 Å². The fourth-order valence-electron chi connectivity index (χ4n) is 6.89. The number of anilines is 1. The summed E-state index contributed by atoms with van der Waals surface area (Å²) < 4.78 is 55.8. The van der Waals surface area contributed by atoms with Gasteiger partial charge in [0.15, 0.2) is 11.8 Å². The van der Waals surface area contributed by atoms with Gasteiger partial charge in [0.05, 0.1) is 36.2 Å². The number of benzene rings is 2. The molecule has 2 aliphatic rings. The van der Waals surface area contributed by atoms with E-state index in [2.05, 4.69) is 25.0 Å². The monoisotopic (exact) mass is 686 g/mol. The van der Waals surface area contributed by atoms with E-state index in [4.69, 9.17) is 29.0 Å². The number of ether oxygens (including phenoxy) is 4. The van der Waals surface area contributed by atoms with E-state index >= 15 is 4.39 Å². The summed E-state index contributed by atoms with van der Waals surface area (Å²) in [6, 6.07) is 9.02. The van der Waals surface area contributed by atoms with Crippen LogP contribution in [0.1, 0.15) is 76.0 Å². The molecule has 50 heavy (non-hydrogen) atoms. The summed E-state index contributed by atoms with van der Waals surface area (Å²) in [5.74, 6) is -0.565. The predicted molar refractivity (Wildman–Crippen MR) is 188 cm³/mol. The van der Waals surface area contributed by atoms with Gasteiger partial charge in [-0.15, -0.1) is 13.2 Å². The molecule has 0 amide bonds. The van der Waals surface area contributed by atoms with E-state index in [0.717, 1.165) is 0 Å². The maximum Gasteiger partial charge on any atom is 0.339 e. The molecule has 0 saturated carbocycles. The molecule has 264 valence electrons. The highest BCUT2D eigenvalue weighted by Crippen LogP contribution is 2.49. The Bertz CT molecular complexity index is 1960. The van der Waals surface area contributed by atoms with Crippen LogP contribution < -0.4 is 9.64 Å². The third kappa shape index (κ3) is 6.64. The van der Waals surface area contributed by atoms with Crippen LogP contribution in [0, 0.1) is 18.6 Å². The van der Waals surface area contributed by atoms with Gasteiger partial charge < -0.3 is 23.8 Å².